The van der Waals surface area contributed by atoms with Gasteiger partial charge in [0, 0.05) is 13.2 Å². The zero-order valence-corrected chi connectivity index (χ0v) is 8.84. The molecule has 0 radical (unpaired) electrons. The molecule has 0 unspecified atom stereocenters. The van der Waals surface area contributed by atoms with E-state index < -0.39 is 11.9 Å². The molecule has 0 aliphatic rings. The molecular formula is C9H11N3O4. The van der Waals surface area contributed by atoms with Gasteiger partial charge in [0.15, 0.2) is 0 Å². The molecule has 86 valence electrons. The molecule has 1 aromatic rings. The quantitative estimate of drug-likeness (QED) is 0.743. The summed E-state index contributed by atoms with van der Waals surface area (Å²) >= 11 is 0. The molecule has 0 saturated carbocycles. The second-order valence-electron chi connectivity index (χ2n) is 3.22. The lowest BCUT2D eigenvalue weighted by atomic mass is 10.2. The van der Waals surface area contributed by atoms with E-state index in [0.29, 0.717) is 5.69 Å². The molecule has 16 heavy (non-hydrogen) atoms. The van der Waals surface area contributed by atoms with Crippen LogP contribution in [0, 0.1) is 6.92 Å². The van der Waals surface area contributed by atoms with Crippen molar-refractivity contribution in [3.63, 3.8) is 0 Å². The van der Waals surface area contributed by atoms with Crippen molar-refractivity contribution in [2.75, 3.05) is 18.5 Å². The number of carbonyl (C=O) groups is 2. The molecule has 7 nitrogen and oxygen atoms in total. The summed E-state index contributed by atoms with van der Waals surface area (Å²) in [7, 11) is 1.52. The summed E-state index contributed by atoms with van der Waals surface area (Å²) in [5, 5.41) is 17.3. The maximum atomic E-state index is 10.7. The van der Waals surface area contributed by atoms with E-state index in [-0.39, 0.29) is 18.1 Å². The third-order valence-corrected chi connectivity index (χ3v) is 1.91. The number of anilines is 1. The molecule has 0 amide bonds. The number of carboxylic acids is 2. The highest BCUT2D eigenvalue weighted by atomic mass is 16.4. The largest absolute Gasteiger partial charge is 0.480 e. The van der Waals surface area contributed by atoms with Gasteiger partial charge in [-0.15, -0.1) is 0 Å². The van der Waals surface area contributed by atoms with Crippen LogP contribution in [-0.2, 0) is 4.79 Å². The Morgan fingerprint density at radius 2 is 2.06 bits per heavy atom. The lowest BCUT2D eigenvalue weighted by Gasteiger charge is -2.14. The summed E-state index contributed by atoms with van der Waals surface area (Å²) in [5.41, 5.74) is 0.308. The Morgan fingerprint density at radius 3 is 2.50 bits per heavy atom. The number of hydrogen-bond acceptors (Lipinski definition) is 5. The summed E-state index contributed by atoms with van der Waals surface area (Å²) in [4.78, 5) is 30.2. The molecule has 1 heterocycles. The van der Waals surface area contributed by atoms with E-state index in [1.165, 1.54) is 25.1 Å². The number of aromatic nitrogens is 2. The van der Waals surface area contributed by atoms with Crippen molar-refractivity contribution in [3.05, 3.63) is 17.5 Å². The lowest BCUT2D eigenvalue weighted by Crippen LogP contribution is -2.27. The fraction of sp³-hybridized carbons (Fsp3) is 0.333. The smallest absolute Gasteiger partial charge is 0.339 e. The molecule has 1 rings (SSSR count). The molecule has 0 spiro atoms. The summed E-state index contributed by atoms with van der Waals surface area (Å²) in [6.07, 6.45) is 1.17. The Balaban J connectivity index is 2.96. The molecule has 2 N–H and O–H groups in total. The van der Waals surface area contributed by atoms with Gasteiger partial charge in [0.1, 0.15) is 6.54 Å². The van der Waals surface area contributed by atoms with Gasteiger partial charge in [-0.2, -0.15) is 0 Å². The number of nitrogens with zero attached hydrogens (tertiary/aromatic N) is 3. The highest BCUT2D eigenvalue weighted by Crippen LogP contribution is 2.09. The van der Waals surface area contributed by atoms with Gasteiger partial charge in [-0.1, -0.05) is 0 Å². The van der Waals surface area contributed by atoms with Crippen LogP contribution in [0.25, 0.3) is 0 Å². The monoisotopic (exact) mass is 225 g/mol. The van der Waals surface area contributed by atoms with Crippen LogP contribution >= 0.6 is 0 Å². The van der Waals surface area contributed by atoms with Crippen LogP contribution in [0.2, 0.25) is 0 Å². The van der Waals surface area contributed by atoms with E-state index in [1.807, 2.05) is 0 Å². The summed E-state index contributed by atoms with van der Waals surface area (Å²) in [5.74, 6) is -1.93. The third-order valence-electron chi connectivity index (χ3n) is 1.91. The predicted molar refractivity (Wildman–Crippen MR) is 54.6 cm³/mol. The van der Waals surface area contributed by atoms with Crippen molar-refractivity contribution in [2.24, 2.45) is 0 Å². The van der Waals surface area contributed by atoms with Gasteiger partial charge in [0.2, 0.25) is 5.95 Å². The van der Waals surface area contributed by atoms with E-state index in [0.717, 1.165) is 0 Å². The predicted octanol–water partition coefficient (Wildman–Crippen LogP) is 0.00402. The minimum absolute atomic E-state index is 0.00692. The summed E-state index contributed by atoms with van der Waals surface area (Å²) in [6.45, 7) is 1.29. The van der Waals surface area contributed by atoms with Crippen molar-refractivity contribution in [1.82, 2.24) is 9.97 Å². The van der Waals surface area contributed by atoms with Crippen LogP contribution in [0.4, 0.5) is 5.95 Å². The van der Waals surface area contributed by atoms with Crippen molar-refractivity contribution in [1.29, 1.82) is 0 Å². The number of carboxylic acid groups (broad SMARTS) is 2. The van der Waals surface area contributed by atoms with Gasteiger partial charge in [-0.3, -0.25) is 4.79 Å². The van der Waals surface area contributed by atoms with E-state index in [4.69, 9.17) is 10.2 Å². The molecule has 0 aliphatic heterocycles. The lowest BCUT2D eigenvalue weighted by molar-refractivity contribution is -0.135. The Morgan fingerprint density at radius 1 is 1.44 bits per heavy atom. The highest BCUT2D eigenvalue weighted by Gasteiger charge is 2.13. The van der Waals surface area contributed by atoms with E-state index in [1.54, 1.807) is 0 Å². The first-order chi connectivity index (χ1) is 7.41. The first-order valence-corrected chi connectivity index (χ1v) is 4.41. The fourth-order valence-electron chi connectivity index (χ4n) is 1.12. The molecule has 1 aromatic heterocycles. The maximum Gasteiger partial charge on any atom is 0.339 e. The van der Waals surface area contributed by atoms with Crippen LogP contribution < -0.4 is 4.90 Å². The van der Waals surface area contributed by atoms with Crippen molar-refractivity contribution in [2.45, 2.75) is 6.92 Å². The number of aryl methyl sites for hydroxylation is 1. The Labute approximate surface area is 91.4 Å². The van der Waals surface area contributed by atoms with Crippen LogP contribution in [0.3, 0.4) is 0 Å². The first kappa shape index (κ1) is 11.9. The zero-order valence-electron chi connectivity index (χ0n) is 8.84. The second-order valence-corrected chi connectivity index (χ2v) is 3.22. The number of hydrogen-bond donors (Lipinski definition) is 2. The number of likely N-dealkylation sites (N-methyl/N-ethyl adjacent to an activating group) is 1. The van der Waals surface area contributed by atoms with Crippen molar-refractivity contribution < 1.29 is 19.8 Å². The molecule has 7 heteroatoms. The highest BCUT2D eigenvalue weighted by molar-refractivity contribution is 5.88. The minimum Gasteiger partial charge on any atom is -0.480 e. The molecule has 0 fully saturated rings. The van der Waals surface area contributed by atoms with Gasteiger partial charge in [-0.25, -0.2) is 14.8 Å². The number of aromatic carboxylic acids is 1. The van der Waals surface area contributed by atoms with Gasteiger partial charge in [-0.05, 0) is 6.92 Å². The Hall–Kier alpha value is -2.18. The van der Waals surface area contributed by atoms with E-state index >= 15 is 0 Å². The third kappa shape index (κ3) is 2.66. The van der Waals surface area contributed by atoms with Crippen LogP contribution in [0.1, 0.15) is 16.1 Å². The molecule has 0 aliphatic carbocycles. The molecule has 0 bridgehead atoms. The molecule has 0 aromatic carbocycles. The van der Waals surface area contributed by atoms with Gasteiger partial charge in [0.05, 0.1) is 11.3 Å². The Kier molecular flexibility index (Phi) is 3.39. The zero-order chi connectivity index (χ0) is 12.3. The van der Waals surface area contributed by atoms with Gasteiger partial charge >= 0.3 is 11.9 Å². The summed E-state index contributed by atoms with van der Waals surface area (Å²) in [6, 6.07) is 0. The first-order valence-electron chi connectivity index (χ1n) is 4.41. The van der Waals surface area contributed by atoms with E-state index in [2.05, 4.69) is 9.97 Å². The normalized spacial score (nSPS) is 9.88. The number of rotatable bonds is 4. The average Bonchev–Trinajstić information content (AvgIpc) is 2.15. The molecular weight excluding hydrogens is 214 g/mol. The molecule has 0 atom stereocenters. The minimum atomic E-state index is -1.11. The maximum absolute atomic E-state index is 10.7. The molecule has 0 saturated heterocycles. The summed E-state index contributed by atoms with van der Waals surface area (Å²) < 4.78 is 0. The van der Waals surface area contributed by atoms with Crippen LogP contribution in [0.5, 0.6) is 0 Å². The van der Waals surface area contributed by atoms with Gasteiger partial charge < -0.3 is 15.1 Å². The topological polar surface area (TPSA) is 104 Å². The van der Waals surface area contributed by atoms with Crippen LogP contribution in [0.15, 0.2) is 6.20 Å². The standard InChI is InChI=1S/C9H11N3O4/c1-5-6(8(15)16)3-10-9(11-5)12(2)4-7(13)14/h3H,4H2,1-2H3,(H,13,14)(H,15,16). The van der Waals surface area contributed by atoms with Crippen LogP contribution in [-0.4, -0.2) is 45.7 Å². The van der Waals surface area contributed by atoms with Crippen molar-refractivity contribution >= 4 is 17.9 Å². The number of aliphatic carboxylic acids is 1. The van der Waals surface area contributed by atoms with Crippen molar-refractivity contribution in [3.8, 4) is 0 Å². The van der Waals surface area contributed by atoms with E-state index in [9.17, 15) is 9.59 Å². The SMILES string of the molecule is Cc1nc(N(C)CC(=O)O)ncc1C(=O)O. The Bertz CT molecular complexity index is 433. The average molecular weight is 225 g/mol. The van der Waals surface area contributed by atoms with Gasteiger partial charge in [0.25, 0.3) is 0 Å². The fourth-order valence-corrected chi connectivity index (χ4v) is 1.12. The second kappa shape index (κ2) is 4.56.